The molecule has 1 aliphatic carbocycles. The molecular weight excluding hydrogens is 869 g/mol. The summed E-state index contributed by atoms with van der Waals surface area (Å²) >= 11 is 0. The molecule has 2 aromatic carbocycles. The highest BCUT2D eigenvalue weighted by Gasteiger charge is 2.46. The second-order valence-electron chi connectivity index (χ2n) is 17.1. The van der Waals surface area contributed by atoms with Gasteiger partial charge in [-0.1, -0.05) is 18.9 Å². The average molecular weight is 929 g/mol. The SMILES string of the molecule is COc1cc(C(=O)NCCCOCCOCCOCCCNC(=O)COc2cccc3c2C(=O)N(C2CCC(=O)NC2=O)C3=O)ccc1Nc1ccc2c(n1)N(C1CCCC1)[C@H](C)C[N+]2(C)[O-]. The van der Waals surface area contributed by atoms with Gasteiger partial charge in [0.25, 0.3) is 23.6 Å². The molecule has 1 saturated carbocycles. The van der Waals surface area contributed by atoms with Crippen molar-refractivity contribution in [2.45, 2.75) is 76.4 Å². The molecule has 4 aliphatic rings. The fourth-order valence-electron chi connectivity index (χ4n) is 8.98. The van der Waals surface area contributed by atoms with Crippen LogP contribution in [0.15, 0.2) is 48.5 Å². The highest BCUT2D eigenvalue weighted by atomic mass is 16.5. The second kappa shape index (κ2) is 22.5. The lowest BCUT2D eigenvalue weighted by molar-refractivity contribution is -0.136. The molecule has 0 radical (unpaired) electrons. The van der Waals surface area contributed by atoms with Gasteiger partial charge >= 0.3 is 0 Å². The minimum absolute atomic E-state index is 0.00608. The van der Waals surface area contributed by atoms with Crippen LogP contribution in [0.1, 0.15) is 89.4 Å². The molecule has 20 heteroatoms. The number of imide groups is 2. The Labute approximate surface area is 389 Å². The molecule has 0 spiro atoms. The molecule has 3 atom stereocenters. The minimum Gasteiger partial charge on any atom is -0.627 e. The quantitative estimate of drug-likeness (QED) is 0.0460. The standard InChI is InChI=1S/C47H60N8O12/c1-30-28-55(2,62)36-16-17-39(51-43(36)53(30)32-9-4-5-10-32)50-34-14-13-31(27-38(34)63-3)44(58)49-20-8-22-65-24-26-66-25-23-64-21-7-19-48-41(57)29-67-37-12-6-11-33-42(37)47(61)54(46(33)60)35-15-18-40(56)52-45(35)59/h6,11-14,16-17,27,30,32,35H,4-5,7-10,15,18-26,28-29H2,1-3H3,(H,48,57)(H,49,58)(H,50,51)(H,52,56,59)/t30-,35?,55?/m1/s1. The Kier molecular flexibility index (Phi) is 16.4. The Bertz CT molecular complexity index is 2300. The fraction of sp³-hybridized carbons (Fsp3) is 0.511. The van der Waals surface area contributed by atoms with Crippen molar-refractivity contribution in [2.24, 2.45) is 0 Å². The summed E-state index contributed by atoms with van der Waals surface area (Å²) in [5.74, 6) is -1.38. The monoisotopic (exact) mass is 928 g/mol. The normalized spacial score (nSPS) is 20.4. The first-order valence-corrected chi connectivity index (χ1v) is 22.9. The van der Waals surface area contributed by atoms with E-state index in [1.807, 2.05) is 12.1 Å². The van der Waals surface area contributed by atoms with Crippen LogP contribution in [0.3, 0.4) is 0 Å². The van der Waals surface area contributed by atoms with Gasteiger partial charge in [0.1, 0.15) is 29.9 Å². The van der Waals surface area contributed by atoms with E-state index in [4.69, 9.17) is 28.7 Å². The lowest BCUT2D eigenvalue weighted by atomic mass is 10.0. The third-order valence-electron chi connectivity index (χ3n) is 12.2. The molecule has 3 aromatic rings. The summed E-state index contributed by atoms with van der Waals surface area (Å²) in [6.07, 6.45) is 5.73. The summed E-state index contributed by atoms with van der Waals surface area (Å²) in [4.78, 5) is 83.6. The summed E-state index contributed by atoms with van der Waals surface area (Å²) in [6, 6.07) is 12.6. The van der Waals surface area contributed by atoms with E-state index in [1.165, 1.54) is 31.0 Å². The number of pyridine rings is 1. The molecule has 2 fully saturated rings. The van der Waals surface area contributed by atoms with E-state index in [-0.39, 0.29) is 41.7 Å². The van der Waals surface area contributed by atoms with Crippen LogP contribution in [0.25, 0.3) is 0 Å². The number of nitrogens with zero attached hydrogens (tertiary/aromatic N) is 4. The van der Waals surface area contributed by atoms with E-state index in [1.54, 1.807) is 32.4 Å². The number of fused-ring (bicyclic) bond motifs is 2. The number of carbonyl (C=O) groups excluding carboxylic acids is 6. The smallest absolute Gasteiger partial charge is 0.266 e. The van der Waals surface area contributed by atoms with Crippen LogP contribution in [-0.4, -0.2) is 143 Å². The zero-order valence-electron chi connectivity index (χ0n) is 38.3. The van der Waals surface area contributed by atoms with Crippen LogP contribution in [0.2, 0.25) is 0 Å². The number of nitrogens with one attached hydrogen (secondary N) is 4. The molecule has 67 heavy (non-hydrogen) atoms. The molecular formula is C47H60N8O12. The number of ether oxygens (including phenoxy) is 5. The van der Waals surface area contributed by atoms with Gasteiger partial charge in [-0.3, -0.25) is 39.0 Å². The Balaban J connectivity index is 0.715. The zero-order chi connectivity index (χ0) is 47.5. The number of benzene rings is 2. The van der Waals surface area contributed by atoms with Gasteiger partial charge in [-0.05, 0) is 75.4 Å². The van der Waals surface area contributed by atoms with Gasteiger partial charge in [0, 0.05) is 50.4 Å². The molecule has 3 aliphatic heterocycles. The van der Waals surface area contributed by atoms with Crippen LogP contribution in [0, 0.1) is 5.21 Å². The van der Waals surface area contributed by atoms with Crippen molar-refractivity contribution < 1.29 is 52.5 Å². The number of methoxy groups -OCH3 is 1. The molecule has 4 heterocycles. The predicted molar refractivity (Wildman–Crippen MR) is 246 cm³/mol. The lowest BCUT2D eigenvalue weighted by Gasteiger charge is -2.50. The van der Waals surface area contributed by atoms with E-state index >= 15 is 0 Å². The van der Waals surface area contributed by atoms with Crippen LogP contribution >= 0.6 is 0 Å². The second-order valence-corrected chi connectivity index (χ2v) is 17.1. The maximum absolute atomic E-state index is 13.5. The van der Waals surface area contributed by atoms with Crippen molar-refractivity contribution in [3.8, 4) is 11.5 Å². The molecule has 7 rings (SSSR count). The molecule has 360 valence electrons. The topological polar surface area (TPSA) is 239 Å². The Morgan fingerprint density at radius 3 is 2.27 bits per heavy atom. The van der Waals surface area contributed by atoms with E-state index in [2.05, 4.69) is 33.1 Å². The molecule has 6 amide bonds. The molecule has 2 unspecified atom stereocenters. The Morgan fingerprint density at radius 1 is 0.866 bits per heavy atom. The summed E-state index contributed by atoms with van der Waals surface area (Å²) in [7, 11) is 3.23. The number of amides is 6. The summed E-state index contributed by atoms with van der Waals surface area (Å²) in [5.41, 5.74) is 1.79. The number of carbonyl (C=O) groups is 6. The van der Waals surface area contributed by atoms with Gasteiger partial charge < -0.3 is 54.4 Å². The van der Waals surface area contributed by atoms with E-state index in [0.29, 0.717) is 107 Å². The summed E-state index contributed by atoms with van der Waals surface area (Å²) in [6.45, 7) is 5.23. The van der Waals surface area contributed by atoms with Crippen molar-refractivity contribution >= 4 is 58.5 Å². The van der Waals surface area contributed by atoms with Gasteiger partial charge in [-0.25, -0.2) is 4.98 Å². The number of anilines is 3. The minimum atomic E-state index is -1.11. The van der Waals surface area contributed by atoms with Crippen molar-refractivity contribution in [1.29, 1.82) is 0 Å². The van der Waals surface area contributed by atoms with Gasteiger partial charge in [0.15, 0.2) is 18.1 Å². The van der Waals surface area contributed by atoms with Crippen molar-refractivity contribution in [3.63, 3.8) is 0 Å². The van der Waals surface area contributed by atoms with Crippen LogP contribution in [-0.2, 0) is 28.6 Å². The summed E-state index contributed by atoms with van der Waals surface area (Å²) < 4.78 is 27.5. The molecule has 4 N–H and O–H groups in total. The summed E-state index contributed by atoms with van der Waals surface area (Å²) in [5, 5.41) is 24.6. The van der Waals surface area contributed by atoms with Gasteiger partial charge in [0.05, 0.1) is 63.4 Å². The number of piperidine rings is 1. The first-order valence-electron chi connectivity index (χ1n) is 22.9. The third-order valence-corrected chi connectivity index (χ3v) is 12.2. The van der Waals surface area contributed by atoms with E-state index in [9.17, 15) is 34.0 Å². The molecule has 1 saturated heterocycles. The predicted octanol–water partition coefficient (Wildman–Crippen LogP) is 3.58. The third kappa shape index (κ3) is 11.9. The highest BCUT2D eigenvalue weighted by Crippen LogP contribution is 2.43. The van der Waals surface area contributed by atoms with E-state index in [0.717, 1.165) is 23.6 Å². The fourth-order valence-corrected chi connectivity index (χ4v) is 8.98. The number of likely N-dealkylation sites (N-methyl/N-ethyl adjacent to an activating group) is 1. The van der Waals surface area contributed by atoms with Gasteiger partial charge in [-0.2, -0.15) is 0 Å². The number of hydrogen-bond acceptors (Lipinski definition) is 15. The first-order chi connectivity index (χ1) is 32.4. The zero-order valence-corrected chi connectivity index (χ0v) is 38.3. The molecule has 20 nitrogen and oxygen atoms in total. The highest BCUT2D eigenvalue weighted by molar-refractivity contribution is 6.24. The largest absolute Gasteiger partial charge is 0.627 e. The number of aromatic nitrogens is 1. The van der Waals surface area contributed by atoms with Crippen molar-refractivity contribution in [2.75, 3.05) is 90.3 Å². The first kappa shape index (κ1) is 48.7. The van der Waals surface area contributed by atoms with Crippen molar-refractivity contribution in [3.05, 3.63) is 70.4 Å². The van der Waals surface area contributed by atoms with Gasteiger partial charge in [0.2, 0.25) is 11.8 Å². The van der Waals surface area contributed by atoms with Crippen LogP contribution in [0.5, 0.6) is 11.5 Å². The number of hydroxylamine groups is 2. The number of quaternary nitrogens is 1. The Morgan fingerprint density at radius 2 is 1.57 bits per heavy atom. The van der Waals surface area contributed by atoms with E-state index < -0.39 is 46.8 Å². The number of hydrogen-bond donors (Lipinski definition) is 4. The maximum Gasteiger partial charge on any atom is 0.266 e. The average Bonchev–Trinajstić information content (AvgIpc) is 3.92. The van der Waals surface area contributed by atoms with Crippen LogP contribution in [0.4, 0.5) is 23.0 Å². The lowest BCUT2D eigenvalue weighted by Crippen LogP contribution is -2.57. The number of rotatable bonds is 23. The van der Waals surface area contributed by atoms with Crippen LogP contribution < -0.4 is 40.3 Å². The van der Waals surface area contributed by atoms with Crippen molar-refractivity contribution in [1.82, 2.24) is 30.5 Å². The molecule has 1 aromatic heterocycles. The maximum atomic E-state index is 13.5. The Hall–Kier alpha value is -6.19. The van der Waals surface area contributed by atoms with Gasteiger partial charge in [-0.15, -0.1) is 0 Å². The molecule has 0 bridgehead atoms.